The fourth-order valence-electron chi connectivity index (χ4n) is 4.84. The van der Waals surface area contributed by atoms with E-state index >= 15 is 0 Å². The van der Waals surface area contributed by atoms with E-state index in [0.717, 1.165) is 50.1 Å². The lowest BCUT2D eigenvalue weighted by molar-refractivity contribution is -0.123. The topological polar surface area (TPSA) is 59.6 Å². The molecule has 0 atom stereocenters. The summed E-state index contributed by atoms with van der Waals surface area (Å²) in [6, 6.07) is 7.09. The van der Waals surface area contributed by atoms with E-state index in [0.29, 0.717) is 31.2 Å². The first-order valence-corrected chi connectivity index (χ1v) is 11.2. The third kappa shape index (κ3) is 5.40. The van der Waals surface area contributed by atoms with Crippen LogP contribution in [0.4, 0.5) is 0 Å². The molecule has 154 valence electrons. The second-order valence-corrected chi connectivity index (χ2v) is 8.68. The molecule has 0 aromatic heterocycles. The molecule has 2 saturated carbocycles. The molecule has 4 rings (SSSR count). The number of carbonyl (C=O) groups excluding carboxylic acids is 1. The smallest absolute Gasteiger partial charge is 0.220 e. The maximum Gasteiger partial charge on any atom is 0.220 e. The van der Waals surface area contributed by atoms with Gasteiger partial charge in [-0.3, -0.25) is 4.79 Å². The molecule has 2 fully saturated rings. The predicted octanol–water partition coefficient (Wildman–Crippen LogP) is 3.95. The van der Waals surface area contributed by atoms with Crippen LogP contribution in [0.15, 0.2) is 18.2 Å². The molecule has 1 aromatic rings. The molecule has 0 bridgehead atoms. The van der Waals surface area contributed by atoms with E-state index in [2.05, 4.69) is 22.8 Å². The van der Waals surface area contributed by atoms with E-state index in [1.54, 1.807) is 0 Å². The van der Waals surface area contributed by atoms with Gasteiger partial charge in [-0.15, -0.1) is 0 Å². The summed E-state index contributed by atoms with van der Waals surface area (Å²) < 4.78 is 11.3. The SMILES string of the molecule is O=C(CC1CCCCC1)N[C@H]1CC[C@H](NCc2ccc3c(c2)OCCO3)CC1. The van der Waals surface area contributed by atoms with E-state index in [1.165, 1.54) is 37.7 Å². The van der Waals surface area contributed by atoms with Crippen LogP contribution in [-0.4, -0.2) is 31.2 Å². The van der Waals surface area contributed by atoms with Gasteiger partial charge in [-0.2, -0.15) is 0 Å². The monoisotopic (exact) mass is 386 g/mol. The second-order valence-electron chi connectivity index (χ2n) is 8.68. The van der Waals surface area contributed by atoms with Crippen LogP contribution in [0, 0.1) is 5.92 Å². The highest BCUT2D eigenvalue weighted by Crippen LogP contribution is 2.31. The minimum absolute atomic E-state index is 0.277. The van der Waals surface area contributed by atoms with Crippen LogP contribution in [0.25, 0.3) is 0 Å². The molecular weight excluding hydrogens is 352 g/mol. The maximum atomic E-state index is 12.3. The molecule has 2 N–H and O–H groups in total. The molecule has 1 aliphatic heterocycles. The van der Waals surface area contributed by atoms with Crippen molar-refractivity contribution in [1.82, 2.24) is 10.6 Å². The highest BCUT2D eigenvalue weighted by Gasteiger charge is 2.24. The van der Waals surface area contributed by atoms with Crippen molar-refractivity contribution in [2.24, 2.45) is 5.92 Å². The Balaban J connectivity index is 1.16. The van der Waals surface area contributed by atoms with Gasteiger partial charge in [0.2, 0.25) is 5.91 Å². The Bertz CT molecular complexity index is 649. The summed E-state index contributed by atoms with van der Waals surface area (Å²) in [5.74, 6) is 2.60. The summed E-state index contributed by atoms with van der Waals surface area (Å²) in [5.41, 5.74) is 1.23. The average Bonchev–Trinajstić information content (AvgIpc) is 2.74. The van der Waals surface area contributed by atoms with Gasteiger partial charge in [0.15, 0.2) is 11.5 Å². The van der Waals surface area contributed by atoms with Gasteiger partial charge in [-0.05, 0) is 62.1 Å². The second kappa shape index (κ2) is 9.64. The van der Waals surface area contributed by atoms with Crippen LogP contribution in [0.3, 0.4) is 0 Å². The number of fused-ring (bicyclic) bond motifs is 1. The Morgan fingerprint density at radius 3 is 2.39 bits per heavy atom. The number of amides is 1. The van der Waals surface area contributed by atoms with Crippen LogP contribution in [-0.2, 0) is 11.3 Å². The first-order valence-electron chi connectivity index (χ1n) is 11.2. The third-order valence-electron chi connectivity index (χ3n) is 6.49. The van der Waals surface area contributed by atoms with Crippen LogP contribution >= 0.6 is 0 Å². The Morgan fingerprint density at radius 2 is 1.61 bits per heavy atom. The number of rotatable bonds is 6. The van der Waals surface area contributed by atoms with E-state index in [9.17, 15) is 4.79 Å². The van der Waals surface area contributed by atoms with Crippen molar-refractivity contribution in [1.29, 1.82) is 0 Å². The van der Waals surface area contributed by atoms with E-state index in [1.807, 2.05) is 6.07 Å². The number of hydrogen-bond acceptors (Lipinski definition) is 4. The van der Waals surface area contributed by atoms with E-state index < -0.39 is 0 Å². The fraction of sp³-hybridized carbons (Fsp3) is 0.696. The predicted molar refractivity (Wildman–Crippen MR) is 110 cm³/mol. The summed E-state index contributed by atoms with van der Waals surface area (Å²) in [6.45, 7) is 2.10. The highest BCUT2D eigenvalue weighted by atomic mass is 16.6. The molecule has 5 nitrogen and oxygen atoms in total. The summed E-state index contributed by atoms with van der Waals surface area (Å²) >= 11 is 0. The Labute approximate surface area is 168 Å². The molecule has 0 unspecified atom stereocenters. The molecule has 0 spiro atoms. The number of hydrogen-bond donors (Lipinski definition) is 2. The lowest BCUT2D eigenvalue weighted by Gasteiger charge is -2.30. The summed E-state index contributed by atoms with van der Waals surface area (Å²) in [7, 11) is 0. The molecule has 1 heterocycles. The first kappa shape index (κ1) is 19.6. The van der Waals surface area contributed by atoms with Crippen LogP contribution in [0.5, 0.6) is 11.5 Å². The summed E-state index contributed by atoms with van der Waals surface area (Å²) in [5, 5.41) is 6.97. The van der Waals surface area contributed by atoms with Gasteiger partial charge in [-0.25, -0.2) is 0 Å². The van der Waals surface area contributed by atoms with Gasteiger partial charge < -0.3 is 20.1 Å². The zero-order chi connectivity index (χ0) is 19.2. The zero-order valence-corrected chi connectivity index (χ0v) is 16.9. The molecule has 1 aromatic carbocycles. The van der Waals surface area contributed by atoms with Crippen LogP contribution in [0.2, 0.25) is 0 Å². The lowest BCUT2D eigenvalue weighted by atomic mass is 9.86. The zero-order valence-electron chi connectivity index (χ0n) is 16.9. The Morgan fingerprint density at radius 1 is 0.893 bits per heavy atom. The molecular formula is C23H34N2O3. The number of carbonyl (C=O) groups is 1. The largest absolute Gasteiger partial charge is 0.486 e. The first-order chi connectivity index (χ1) is 13.8. The molecule has 1 amide bonds. The molecule has 28 heavy (non-hydrogen) atoms. The molecule has 0 radical (unpaired) electrons. The van der Waals surface area contributed by atoms with Crippen LogP contribution in [0.1, 0.15) is 69.8 Å². The third-order valence-corrected chi connectivity index (χ3v) is 6.49. The summed E-state index contributed by atoms with van der Waals surface area (Å²) in [4.78, 5) is 12.3. The van der Waals surface area contributed by atoms with Crippen LogP contribution < -0.4 is 20.1 Å². The fourth-order valence-corrected chi connectivity index (χ4v) is 4.84. The van der Waals surface area contributed by atoms with Crippen molar-refractivity contribution in [2.75, 3.05) is 13.2 Å². The van der Waals surface area contributed by atoms with Crippen molar-refractivity contribution in [3.8, 4) is 11.5 Å². The Kier molecular flexibility index (Phi) is 6.73. The normalized spacial score (nSPS) is 25.3. The minimum atomic E-state index is 0.277. The number of nitrogens with one attached hydrogen (secondary N) is 2. The molecule has 2 aliphatic carbocycles. The number of benzene rings is 1. The minimum Gasteiger partial charge on any atom is -0.486 e. The van der Waals surface area contributed by atoms with Crippen molar-refractivity contribution >= 4 is 5.91 Å². The van der Waals surface area contributed by atoms with Crippen molar-refractivity contribution < 1.29 is 14.3 Å². The molecule has 0 saturated heterocycles. The van der Waals surface area contributed by atoms with Gasteiger partial charge in [0, 0.05) is 25.0 Å². The lowest BCUT2D eigenvalue weighted by Crippen LogP contribution is -2.42. The standard InChI is InChI=1S/C23H34N2O3/c26-23(15-17-4-2-1-3-5-17)25-20-9-7-19(8-10-20)24-16-18-6-11-21-22(14-18)28-13-12-27-21/h6,11,14,17,19-20,24H,1-5,7-10,12-13,15-16H2,(H,25,26)/t19-,20-. The van der Waals surface area contributed by atoms with Gasteiger partial charge in [-0.1, -0.05) is 25.3 Å². The molecule has 5 heteroatoms. The highest BCUT2D eigenvalue weighted by molar-refractivity contribution is 5.76. The van der Waals surface area contributed by atoms with Crippen molar-refractivity contribution in [2.45, 2.75) is 82.8 Å². The van der Waals surface area contributed by atoms with E-state index in [-0.39, 0.29) is 5.91 Å². The van der Waals surface area contributed by atoms with E-state index in [4.69, 9.17) is 9.47 Å². The van der Waals surface area contributed by atoms with Gasteiger partial charge in [0.25, 0.3) is 0 Å². The molecule has 3 aliphatic rings. The summed E-state index contributed by atoms with van der Waals surface area (Å²) in [6.07, 6.45) is 11.6. The average molecular weight is 387 g/mol. The van der Waals surface area contributed by atoms with Gasteiger partial charge >= 0.3 is 0 Å². The van der Waals surface area contributed by atoms with Gasteiger partial charge in [0.05, 0.1) is 0 Å². The maximum absolute atomic E-state index is 12.3. The quantitative estimate of drug-likeness (QED) is 0.777. The van der Waals surface area contributed by atoms with Crippen molar-refractivity contribution in [3.63, 3.8) is 0 Å². The Hall–Kier alpha value is -1.75. The van der Waals surface area contributed by atoms with Gasteiger partial charge in [0.1, 0.15) is 13.2 Å². The van der Waals surface area contributed by atoms with Crippen molar-refractivity contribution in [3.05, 3.63) is 23.8 Å². The number of ether oxygens (including phenoxy) is 2.